The van der Waals surface area contributed by atoms with Gasteiger partial charge in [0.05, 0.1) is 11.3 Å². The summed E-state index contributed by atoms with van der Waals surface area (Å²) in [6.07, 6.45) is 0. The van der Waals surface area contributed by atoms with Crippen LogP contribution in [0.2, 0.25) is 0 Å². The standard InChI is InChI=1S/C12H11F2N3O2S/c1-2-17-11(8-5-7(13)3-4-9(8)14)15-16-12(17)20-6-10(18)19/h3-5H,2,6H2,1H3,(H,18,19). The first-order valence-corrected chi connectivity index (χ1v) is 6.74. The molecule has 0 amide bonds. The normalized spacial score (nSPS) is 10.8. The Kier molecular flexibility index (Phi) is 4.33. The van der Waals surface area contributed by atoms with Gasteiger partial charge in [0.2, 0.25) is 0 Å². The van der Waals surface area contributed by atoms with Crippen molar-refractivity contribution in [1.82, 2.24) is 14.8 Å². The summed E-state index contributed by atoms with van der Waals surface area (Å²) in [5.41, 5.74) is 0.00141. The number of carboxylic acids is 1. The Morgan fingerprint density at radius 1 is 1.40 bits per heavy atom. The van der Waals surface area contributed by atoms with Crippen LogP contribution in [0.3, 0.4) is 0 Å². The SMILES string of the molecule is CCn1c(SCC(=O)O)nnc1-c1cc(F)ccc1F. The summed E-state index contributed by atoms with van der Waals surface area (Å²) in [7, 11) is 0. The molecule has 20 heavy (non-hydrogen) atoms. The minimum absolute atomic E-state index is 0.00141. The topological polar surface area (TPSA) is 68.0 Å². The van der Waals surface area contributed by atoms with Crippen molar-refractivity contribution in [1.29, 1.82) is 0 Å². The number of aliphatic carboxylic acids is 1. The molecule has 0 fully saturated rings. The lowest BCUT2D eigenvalue weighted by Gasteiger charge is -2.07. The van der Waals surface area contributed by atoms with Gasteiger partial charge in [-0.2, -0.15) is 0 Å². The molecular weight excluding hydrogens is 288 g/mol. The van der Waals surface area contributed by atoms with E-state index < -0.39 is 17.6 Å². The number of aromatic nitrogens is 3. The number of nitrogens with zero attached hydrogens (tertiary/aromatic N) is 3. The summed E-state index contributed by atoms with van der Waals surface area (Å²) in [6.45, 7) is 2.20. The third-order valence-electron chi connectivity index (χ3n) is 2.53. The molecule has 0 unspecified atom stereocenters. The number of carboxylic acid groups (broad SMARTS) is 1. The molecule has 1 aromatic carbocycles. The van der Waals surface area contributed by atoms with Crippen LogP contribution in [0.15, 0.2) is 23.4 Å². The van der Waals surface area contributed by atoms with Crippen LogP contribution in [0.5, 0.6) is 0 Å². The van der Waals surface area contributed by atoms with Gasteiger partial charge in [0.25, 0.3) is 0 Å². The third-order valence-corrected chi connectivity index (χ3v) is 3.48. The van der Waals surface area contributed by atoms with E-state index >= 15 is 0 Å². The van der Waals surface area contributed by atoms with Crippen LogP contribution in [0, 0.1) is 11.6 Å². The zero-order chi connectivity index (χ0) is 14.7. The quantitative estimate of drug-likeness (QED) is 0.859. The van der Waals surface area contributed by atoms with Gasteiger partial charge in [0.1, 0.15) is 11.6 Å². The van der Waals surface area contributed by atoms with Crippen LogP contribution in [0.25, 0.3) is 11.4 Å². The average molecular weight is 299 g/mol. The van der Waals surface area contributed by atoms with E-state index in [1.807, 2.05) is 0 Å². The second-order valence-electron chi connectivity index (χ2n) is 3.86. The number of halogens is 2. The fraction of sp³-hybridized carbons (Fsp3) is 0.250. The van der Waals surface area contributed by atoms with E-state index in [0.717, 1.165) is 30.0 Å². The highest BCUT2D eigenvalue weighted by Gasteiger charge is 2.17. The Labute approximate surface area is 117 Å². The Morgan fingerprint density at radius 3 is 2.80 bits per heavy atom. The molecule has 0 atom stereocenters. The van der Waals surface area contributed by atoms with Crippen molar-refractivity contribution in [2.75, 3.05) is 5.75 Å². The first-order valence-electron chi connectivity index (χ1n) is 5.76. The molecule has 8 heteroatoms. The molecule has 1 N–H and O–H groups in total. The maximum atomic E-state index is 13.7. The maximum absolute atomic E-state index is 13.7. The second-order valence-corrected chi connectivity index (χ2v) is 4.80. The Morgan fingerprint density at radius 2 is 2.15 bits per heavy atom. The molecule has 0 saturated heterocycles. The van der Waals surface area contributed by atoms with Gasteiger partial charge in [0, 0.05) is 6.54 Å². The highest BCUT2D eigenvalue weighted by molar-refractivity contribution is 7.99. The Hall–Kier alpha value is -1.96. The van der Waals surface area contributed by atoms with Crippen LogP contribution in [-0.4, -0.2) is 31.6 Å². The minimum atomic E-state index is -0.987. The third kappa shape index (κ3) is 2.96. The molecule has 1 heterocycles. The average Bonchev–Trinajstić information content (AvgIpc) is 2.81. The molecule has 2 rings (SSSR count). The number of benzene rings is 1. The lowest BCUT2D eigenvalue weighted by molar-refractivity contribution is -0.133. The maximum Gasteiger partial charge on any atom is 0.313 e. The molecule has 0 saturated carbocycles. The molecule has 0 aliphatic rings. The van der Waals surface area contributed by atoms with E-state index in [1.54, 1.807) is 11.5 Å². The van der Waals surface area contributed by atoms with Gasteiger partial charge in [-0.1, -0.05) is 11.8 Å². The van der Waals surface area contributed by atoms with Crippen molar-refractivity contribution in [2.24, 2.45) is 0 Å². The van der Waals surface area contributed by atoms with Crippen LogP contribution in [0.1, 0.15) is 6.92 Å². The predicted octanol–water partition coefficient (Wildman–Crippen LogP) is 2.42. The predicted molar refractivity (Wildman–Crippen MR) is 69.4 cm³/mol. The van der Waals surface area contributed by atoms with Crippen LogP contribution in [0.4, 0.5) is 8.78 Å². The smallest absolute Gasteiger partial charge is 0.313 e. The van der Waals surface area contributed by atoms with Crippen molar-refractivity contribution >= 4 is 17.7 Å². The Bertz CT molecular complexity index is 646. The minimum Gasteiger partial charge on any atom is -0.481 e. The van der Waals surface area contributed by atoms with Crippen molar-refractivity contribution in [3.05, 3.63) is 29.8 Å². The summed E-state index contributed by atoms with van der Waals surface area (Å²) < 4.78 is 28.5. The van der Waals surface area contributed by atoms with E-state index in [-0.39, 0.29) is 17.1 Å². The van der Waals surface area contributed by atoms with E-state index in [1.165, 1.54) is 0 Å². The van der Waals surface area contributed by atoms with Crippen molar-refractivity contribution in [3.8, 4) is 11.4 Å². The number of hydrogen-bond acceptors (Lipinski definition) is 4. The molecule has 2 aromatic rings. The summed E-state index contributed by atoms with van der Waals surface area (Å²) in [5, 5.41) is 16.7. The number of thioether (sulfide) groups is 1. The van der Waals surface area contributed by atoms with Crippen LogP contribution < -0.4 is 0 Å². The van der Waals surface area contributed by atoms with E-state index in [0.29, 0.717) is 11.7 Å². The van der Waals surface area contributed by atoms with Crippen LogP contribution >= 0.6 is 11.8 Å². The molecule has 0 aliphatic carbocycles. The fourth-order valence-corrected chi connectivity index (χ4v) is 2.40. The molecule has 0 radical (unpaired) electrons. The summed E-state index contributed by atoms with van der Waals surface area (Å²) >= 11 is 0.979. The zero-order valence-electron chi connectivity index (χ0n) is 10.5. The summed E-state index contributed by atoms with van der Waals surface area (Å²) in [6, 6.07) is 3.08. The summed E-state index contributed by atoms with van der Waals surface area (Å²) in [4.78, 5) is 10.6. The second kappa shape index (κ2) is 6.00. The van der Waals surface area contributed by atoms with Gasteiger partial charge < -0.3 is 9.67 Å². The zero-order valence-corrected chi connectivity index (χ0v) is 11.3. The van der Waals surface area contributed by atoms with Gasteiger partial charge >= 0.3 is 5.97 Å². The van der Waals surface area contributed by atoms with Crippen LogP contribution in [-0.2, 0) is 11.3 Å². The lowest BCUT2D eigenvalue weighted by atomic mass is 10.2. The molecule has 0 bridgehead atoms. The van der Waals surface area contributed by atoms with Crippen molar-refractivity contribution < 1.29 is 18.7 Å². The fourth-order valence-electron chi connectivity index (χ4n) is 1.67. The van der Waals surface area contributed by atoms with Crippen molar-refractivity contribution in [3.63, 3.8) is 0 Å². The van der Waals surface area contributed by atoms with Crippen molar-refractivity contribution in [2.45, 2.75) is 18.6 Å². The molecule has 5 nitrogen and oxygen atoms in total. The first kappa shape index (κ1) is 14.4. The van der Waals surface area contributed by atoms with Gasteiger partial charge in [0.15, 0.2) is 11.0 Å². The molecule has 106 valence electrons. The van der Waals surface area contributed by atoms with Gasteiger partial charge in [-0.25, -0.2) is 8.78 Å². The lowest BCUT2D eigenvalue weighted by Crippen LogP contribution is -2.04. The Balaban J connectivity index is 2.42. The highest BCUT2D eigenvalue weighted by atomic mass is 32.2. The van der Waals surface area contributed by atoms with Gasteiger partial charge in [-0.3, -0.25) is 4.79 Å². The van der Waals surface area contributed by atoms with E-state index in [4.69, 9.17) is 5.11 Å². The highest BCUT2D eigenvalue weighted by Crippen LogP contribution is 2.26. The molecule has 0 aliphatic heterocycles. The monoisotopic (exact) mass is 299 g/mol. The van der Waals surface area contributed by atoms with E-state index in [2.05, 4.69) is 10.2 Å². The van der Waals surface area contributed by atoms with E-state index in [9.17, 15) is 13.6 Å². The largest absolute Gasteiger partial charge is 0.481 e. The van der Waals surface area contributed by atoms with Gasteiger partial charge in [-0.15, -0.1) is 10.2 Å². The number of hydrogen-bond donors (Lipinski definition) is 1. The molecular formula is C12H11F2N3O2S. The van der Waals surface area contributed by atoms with Gasteiger partial charge in [-0.05, 0) is 25.1 Å². The first-order chi connectivity index (χ1) is 9.52. The number of rotatable bonds is 5. The number of carbonyl (C=O) groups is 1. The summed E-state index contributed by atoms with van der Waals surface area (Å²) in [5.74, 6) is -2.17. The molecule has 1 aromatic heterocycles. The molecule has 0 spiro atoms.